The molecule has 1 saturated heterocycles. The molecule has 1 aliphatic rings. The number of benzene rings is 5. The number of nitrogens with zero attached hydrogens (tertiary/aromatic N) is 1. The second-order valence-electron chi connectivity index (χ2n) is 12.7. The van der Waals surface area contributed by atoms with Crippen LogP contribution in [0.15, 0.2) is 109 Å². The number of esters is 2. The van der Waals surface area contributed by atoms with Gasteiger partial charge in [0.15, 0.2) is 0 Å². The minimum Gasteiger partial charge on any atom is -0.489 e. The molecular weight excluding hydrogens is 690 g/mol. The van der Waals surface area contributed by atoms with Gasteiger partial charge in [-0.15, -0.1) is 0 Å². The molecule has 2 atom stereocenters. The fourth-order valence-corrected chi connectivity index (χ4v) is 6.49. The topological polar surface area (TPSA) is 172 Å². The first-order chi connectivity index (χ1) is 26.1. The van der Waals surface area contributed by atoms with E-state index in [2.05, 4.69) is 5.32 Å². The van der Waals surface area contributed by atoms with E-state index in [9.17, 15) is 29.1 Å². The van der Waals surface area contributed by atoms with Gasteiger partial charge >= 0.3 is 17.9 Å². The summed E-state index contributed by atoms with van der Waals surface area (Å²) in [6.45, 7) is 0.777. The number of amides is 2. The number of ether oxygens (including phenoxy) is 3. The molecule has 12 nitrogen and oxygen atoms in total. The van der Waals surface area contributed by atoms with E-state index in [1.165, 1.54) is 26.4 Å². The molecule has 274 valence electrons. The van der Waals surface area contributed by atoms with Crippen LogP contribution < -0.4 is 10.1 Å². The van der Waals surface area contributed by atoms with E-state index in [0.717, 1.165) is 16.3 Å². The number of methoxy groups -OCH3 is 2. The average molecular weight is 728 g/mol. The molecule has 0 spiro atoms. The van der Waals surface area contributed by atoms with Crippen molar-refractivity contribution in [3.05, 3.63) is 148 Å². The Labute approximate surface area is 310 Å². The molecule has 1 heterocycles. The Morgan fingerprint density at radius 3 is 2.04 bits per heavy atom. The van der Waals surface area contributed by atoms with Crippen LogP contribution >= 0.6 is 0 Å². The molecule has 0 aromatic heterocycles. The minimum atomic E-state index is -0.994. The maximum atomic E-state index is 13.2. The molecule has 2 amide bonds. The van der Waals surface area contributed by atoms with E-state index >= 15 is 0 Å². The number of aliphatic carboxylic acids is 1. The highest BCUT2D eigenvalue weighted by Crippen LogP contribution is 2.28. The minimum absolute atomic E-state index is 0.0775. The zero-order valence-corrected chi connectivity index (χ0v) is 29.5. The molecule has 1 fully saturated rings. The lowest BCUT2D eigenvalue weighted by atomic mass is 9.91. The number of fused-ring (bicyclic) bond motifs is 1. The lowest BCUT2D eigenvalue weighted by Crippen LogP contribution is -2.32. The lowest BCUT2D eigenvalue weighted by Gasteiger charge is -2.19. The Morgan fingerprint density at radius 1 is 0.778 bits per heavy atom. The molecule has 54 heavy (non-hydrogen) atoms. The molecule has 0 radical (unpaired) electrons. The van der Waals surface area contributed by atoms with Crippen LogP contribution in [0.1, 0.15) is 70.5 Å². The summed E-state index contributed by atoms with van der Waals surface area (Å²) >= 11 is 0. The van der Waals surface area contributed by atoms with E-state index in [1.54, 1.807) is 77.7 Å². The number of carboxylic acid groups (broad SMARTS) is 1. The van der Waals surface area contributed by atoms with Crippen molar-refractivity contribution in [1.82, 2.24) is 10.2 Å². The van der Waals surface area contributed by atoms with E-state index in [4.69, 9.17) is 19.6 Å². The van der Waals surface area contributed by atoms with Crippen LogP contribution in [0, 0.1) is 5.41 Å². The summed E-state index contributed by atoms with van der Waals surface area (Å²) in [5, 5.41) is 22.9. The molecule has 3 N–H and O–H groups in total. The summed E-state index contributed by atoms with van der Waals surface area (Å²) in [6, 6.07) is 30.4. The van der Waals surface area contributed by atoms with E-state index in [1.807, 2.05) is 24.3 Å². The molecule has 0 bridgehead atoms. The number of hydrogen-bond acceptors (Lipinski definition) is 9. The Bertz CT molecular complexity index is 2270. The number of carbonyl (C=O) groups is 5. The highest BCUT2D eigenvalue weighted by atomic mass is 16.5. The quantitative estimate of drug-likeness (QED) is 0.0855. The zero-order valence-electron chi connectivity index (χ0n) is 29.5. The van der Waals surface area contributed by atoms with Crippen molar-refractivity contribution in [2.24, 2.45) is 0 Å². The van der Waals surface area contributed by atoms with Gasteiger partial charge in [0.2, 0.25) is 0 Å². The first kappa shape index (κ1) is 37.0. The third-order valence-corrected chi connectivity index (χ3v) is 9.33. The summed E-state index contributed by atoms with van der Waals surface area (Å²) in [5.74, 6) is -3.64. The molecule has 0 aliphatic carbocycles. The first-order valence-electron chi connectivity index (χ1n) is 17.1. The maximum Gasteiger partial charge on any atom is 0.338 e. The van der Waals surface area contributed by atoms with Crippen LogP contribution in [0.5, 0.6) is 5.75 Å². The van der Waals surface area contributed by atoms with E-state index in [0.29, 0.717) is 36.4 Å². The Balaban J connectivity index is 1.10. The van der Waals surface area contributed by atoms with Crippen LogP contribution in [0.25, 0.3) is 10.8 Å². The highest BCUT2D eigenvalue weighted by Gasteiger charge is 2.31. The normalized spacial score (nSPS) is 14.2. The third-order valence-electron chi connectivity index (χ3n) is 9.33. The van der Waals surface area contributed by atoms with Crippen LogP contribution in [-0.2, 0) is 20.7 Å². The standard InChI is InChI=1S/C42H37N3O9/c1-52-41(50)34-9-5-3-7-32(34)38(46)44-37(43)28-14-13-26-12-11-25(21-29(26)23-28)22-36(40(48)49)27-15-17-30(18-16-27)54-31-19-20-45(24-31)39(47)33-8-4-6-10-35(33)42(51)53-2/h3-18,21,23,31,36H,19-20,22,24H2,1-2H3,(H,48,49)(H2,43,44,46)/t31-,36-/m0/s1. The number of rotatable bonds is 11. The highest BCUT2D eigenvalue weighted by molar-refractivity contribution is 6.15. The average Bonchev–Trinajstić information content (AvgIpc) is 3.67. The Kier molecular flexibility index (Phi) is 11.1. The second-order valence-corrected chi connectivity index (χ2v) is 12.7. The van der Waals surface area contributed by atoms with Crippen molar-refractivity contribution < 1.29 is 43.3 Å². The number of likely N-dealkylation sites (tertiary alicyclic amines) is 1. The Hall–Kier alpha value is -6.82. The Morgan fingerprint density at radius 2 is 1.39 bits per heavy atom. The summed E-state index contributed by atoms with van der Waals surface area (Å²) in [6.07, 6.45) is 0.499. The summed E-state index contributed by atoms with van der Waals surface area (Å²) in [5.41, 5.74) is 2.41. The van der Waals surface area contributed by atoms with Crippen molar-refractivity contribution >= 4 is 46.3 Å². The summed E-state index contributed by atoms with van der Waals surface area (Å²) in [7, 11) is 2.49. The monoisotopic (exact) mass is 727 g/mol. The zero-order chi connectivity index (χ0) is 38.4. The van der Waals surface area contributed by atoms with Crippen LogP contribution in [0.4, 0.5) is 0 Å². The van der Waals surface area contributed by atoms with Gasteiger partial charge in [-0.05, 0) is 70.8 Å². The van der Waals surface area contributed by atoms with Gasteiger partial charge < -0.3 is 29.5 Å². The number of carboxylic acids is 1. The largest absolute Gasteiger partial charge is 0.489 e. The molecule has 5 aromatic carbocycles. The van der Waals surface area contributed by atoms with Gasteiger partial charge in [-0.2, -0.15) is 0 Å². The summed E-state index contributed by atoms with van der Waals surface area (Å²) < 4.78 is 15.8. The van der Waals surface area contributed by atoms with Gasteiger partial charge in [0.05, 0.1) is 48.9 Å². The number of hydrogen-bond donors (Lipinski definition) is 3. The van der Waals surface area contributed by atoms with Crippen molar-refractivity contribution in [3.63, 3.8) is 0 Å². The molecule has 6 rings (SSSR count). The van der Waals surface area contributed by atoms with Crippen molar-refractivity contribution in [2.45, 2.75) is 24.9 Å². The lowest BCUT2D eigenvalue weighted by molar-refractivity contribution is -0.138. The van der Waals surface area contributed by atoms with E-state index < -0.39 is 29.7 Å². The molecule has 0 saturated carbocycles. The van der Waals surface area contributed by atoms with Gasteiger partial charge in [-0.25, -0.2) is 9.59 Å². The number of nitrogens with one attached hydrogen (secondary N) is 2. The van der Waals surface area contributed by atoms with Crippen LogP contribution in [0.3, 0.4) is 0 Å². The van der Waals surface area contributed by atoms with Gasteiger partial charge in [0.25, 0.3) is 11.8 Å². The van der Waals surface area contributed by atoms with Crippen LogP contribution in [0.2, 0.25) is 0 Å². The van der Waals surface area contributed by atoms with Crippen molar-refractivity contribution in [3.8, 4) is 5.75 Å². The van der Waals surface area contributed by atoms with Gasteiger partial charge in [-0.3, -0.25) is 19.8 Å². The van der Waals surface area contributed by atoms with Gasteiger partial charge in [0.1, 0.15) is 17.7 Å². The fraction of sp³-hybridized carbons (Fsp3) is 0.190. The van der Waals surface area contributed by atoms with E-state index in [-0.39, 0.29) is 46.5 Å². The predicted octanol–water partition coefficient (Wildman–Crippen LogP) is 5.87. The number of carbonyl (C=O) groups excluding carboxylic acids is 4. The smallest absolute Gasteiger partial charge is 0.338 e. The van der Waals surface area contributed by atoms with Gasteiger partial charge in [-0.1, -0.05) is 66.7 Å². The predicted molar refractivity (Wildman–Crippen MR) is 199 cm³/mol. The van der Waals surface area contributed by atoms with Crippen molar-refractivity contribution in [2.75, 3.05) is 27.3 Å². The van der Waals surface area contributed by atoms with Gasteiger partial charge in [0, 0.05) is 18.5 Å². The molecule has 5 aromatic rings. The second kappa shape index (κ2) is 16.2. The molecule has 0 unspecified atom stereocenters. The molecular formula is C42H37N3O9. The summed E-state index contributed by atoms with van der Waals surface area (Å²) in [4.78, 5) is 64.7. The maximum absolute atomic E-state index is 13.2. The third kappa shape index (κ3) is 8.13. The first-order valence-corrected chi connectivity index (χ1v) is 17.1. The molecule has 12 heteroatoms. The molecule has 1 aliphatic heterocycles. The van der Waals surface area contributed by atoms with Crippen LogP contribution in [-0.4, -0.2) is 79.0 Å². The van der Waals surface area contributed by atoms with Crippen molar-refractivity contribution in [1.29, 1.82) is 5.41 Å². The number of amidine groups is 1. The SMILES string of the molecule is COC(=O)c1ccccc1C(=O)NC(=N)c1ccc2ccc(C[C@H](C(=O)O)c3ccc(O[C@H]4CCN(C(=O)c5ccccc5C(=O)OC)C4)cc3)cc2c1. The fourth-order valence-electron chi connectivity index (χ4n) is 6.49.